The maximum atomic E-state index is 13.5. The fourth-order valence-corrected chi connectivity index (χ4v) is 3.88. The molecule has 0 saturated heterocycles. The van der Waals surface area contributed by atoms with Gasteiger partial charge >= 0.3 is 30.2 Å². The van der Waals surface area contributed by atoms with Crippen LogP contribution in [0.3, 0.4) is 0 Å². The van der Waals surface area contributed by atoms with Gasteiger partial charge in [-0.2, -0.15) is 26.3 Å². The summed E-state index contributed by atoms with van der Waals surface area (Å²) in [6.45, 7) is -0.325. The molecule has 0 unspecified atom stereocenters. The van der Waals surface area contributed by atoms with Crippen molar-refractivity contribution in [2.75, 3.05) is 6.61 Å². The van der Waals surface area contributed by atoms with E-state index in [1.807, 2.05) is 0 Å². The van der Waals surface area contributed by atoms with E-state index >= 15 is 0 Å². The SMILES string of the molecule is CCCCC1CCC(c2ccc(C(=O)OCC(F)(F)C(F)(F)C(F)(F)C(F)F)cc2)CC1. The van der Waals surface area contributed by atoms with Crippen molar-refractivity contribution in [3.63, 3.8) is 0 Å². The molecular formula is C22H26F8O2. The van der Waals surface area contributed by atoms with E-state index < -0.39 is 36.8 Å². The van der Waals surface area contributed by atoms with Gasteiger partial charge in [0.15, 0.2) is 6.61 Å². The lowest BCUT2D eigenvalue weighted by Gasteiger charge is -2.31. The molecule has 0 amide bonds. The number of benzene rings is 1. The number of hydrogen-bond donors (Lipinski definition) is 0. The summed E-state index contributed by atoms with van der Waals surface area (Å²) < 4.78 is 107. The summed E-state index contributed by atoms with van der Waals surface area (Å²) in [6.07, 6.45) is 2.62. The minimum atomic E-state index is -6.41. The van der Waals surface area contributed by atoms with Crippen molar-refractivity contribution in [1.29, 1.82) is 0 Å². The molecule has 1 saturated carbocycles. The van der Waals surface area contributed by atoms with Crippen LogP contribution in [0.5, 0.6) is 0 Å². The van der Waals surface area contributed by atoms with Crippen molar-refractivity contribution in [1.82, 2.24) is 0 Å². The molecule has 0 atom stereocenters. The fourth-order valence-electron chi connectivity index (χ4n) is 3.88. The summed E-state index contributed by atoms with van der Waals surface area (Å²) in [5, 5.41) is 0. The van der Waals surface area contributed by atoms with Crippen LogP contribution in [0, 0.1) is 5.92 Å². The molecule has 32 heavy (non-hydrogen) atoms. The summed E-state index contributed by atoms with van der Waals surface area (Å²) in [7, 11) is 0. The molecule has 0 aromatic heterocycles. The van der Waals surface area contributed by atoms with E-state index in [1.165, 1.54) is 25.0 Å². The number of unbranched alkanes of at least 4 members (excludes halogenated alkanes) is 1. The molecule has 2 nitrogen and oxygen atoms in total. The lowest BCUT2D eigenvalue weighted by atomic mass is 9.77. The van der Waals surface area contributed by atoms with Gasteiger partial charge in [0.25, 0.3) is 0 Å². The van der Waals surface area contributed by atoms with Crippen LogP contribution < -0.4 is 0 Å². The smallest absolute Gasteiger partial charge is 0.381 e. The van der Waals surface area contributed by atoms with Crippen LogP contribution in [0.15, 0.2) is 24.3 Å². The van der Waals surface area contributed by atoms with Gasteiger partial charge in [0.1, 0.15) is 0 Å². The van der Waals surface area contributed by atoms with Gasteiger partial charge < -0.3 is 4.74 Å². The second kappa shape index (κ2) is 10.4. The summed E-state index contributed by atoms with van der Waals surface area (Å²) in [5.74, 6) is -18.9. The Morgan fingerprint density at radius 2 is 1.56 bits per heavy atom. The highest BCUT2D eigenvalue weighted by atomic mass is 19.4. The molecule has 1 aliphatic carbocycles. The molecule has 0 heterocycles. The van der Waals surface area contributed by atoms with Crippen molar-refractivity contribution < 1.29 is 44.7 Å². The first-order valence-electron chi connectivity index (χ1n) is 10.5. The second-order valence-electron chi connectivity index (χ2n) is 8.26. The fraction of sp³-hybridized carbons (Fsp3) is 0.682. The van der Waals surface area contributed by atoms with Crippen molar-refractivity contribution >= 4 is 5.97 Å². The third-order valence-electron chi connectivity index (χ3n) is 5.97. The van der Waals surface area contributed by atoms with E-state index in [0.717, 1.165) is 37.7 Å². The lowest BCUT2D eigenvalue weighted by Crippen LogP contribution is -2.59. The van der Waals surface area contributed by atoms with Crippen molar-refractivity contribution in [3.8, 4) is 0 Å². The largest absolute Gasteiger partial charge is 0.455 e. The number of carbonyl (C=O) groups is 1. The molecule has 1 fully saturated rings. The van der Waals surface area contributed by atoms with Crippen molar-refractivity contribution in [2.24, 2.45) is 5.92 Å². The Morgan fingerprint density at radius 1 is 1.00 bits per heavy atom. The Bertz CT molecular complexity index is 741. The zero-order chi connectivity index (χ0) is 24.2. The van der Waals surface area contributed by atoms with E-state index in [4.69, 9.17) is 0 Å². The molecule has 0 bridgehead atoms. The first-order chi connectivity index (χ1) is 14.8. The minimum absolute atomic E-state index is 0.245. The third kappa shape index (κ3) is 5.73. The van der Waals surface area contributed by atoms with Gasteiger partial charge in [0.2, 0.25) is 0 Å². The highest BCUT2D eigenvalue weighted by Gasteiger charge is 2.75. The van der Waals surface area contributed by atoms with Gasteiger partial charge in [-0.25, -0.2) is 13.6 Å². The van der Waals surface area contributed by atoms with Crippen LogP contribution in [0.2, 0.25) is 0 Å². The maximum absolute atomic E-state index is 13.5. The van der Waals surface area contributed by atoms with Crippen LogP contribution in [0.4, 0.5) is 35.1 Å². The first kappa shape index (κ1) is 26.4. The first-order valence-corrected chi connectivity index (χ1v) is 10.5. The van der Waals surface area contributed by atoms with Crippen LogP contribution >= 0.6 is 0 Å². The summed E-state index contributed by atoms with van der Waals surface area (Å²) in [4.78, 5) is 11.9. The molecule has 1 aromatic carbocycles. The Balaban J connectivity index is 1.94. The van der Waals surface area contributed by atoms with E-state index in [1.54, 1.807) is 12.1 Å². The average Bonchev–Trinajstić information content (AvgIpc) is 2.76. The number of ether oxygens (including phenoxy) is 1. The van der Waals surface area contributed by atoms with E-state index in [2.05, 4.69) is 11.7 Å². The lowest BCUT2D eigenvalue weighted by molar-refractivity contribution is -0.343. The highest BCUT2D eigenvalue weighted by molar-refractivity contribution is 5.89. The van der Waals surface area contributed by atoms with Gasteiger partial charge in [0, 0.05) is 0 Å². The van der Waals surface area contributed by atoms with E-state index in [0.29, 0.717) is 5.92 Å². The predicted octanol–water partition coefficient (Wildman–Crippen LogP) is 7.48. The number of carbonyl (C=O) groups excluding carboxylic acids is 1. The van der Waals surface area contributed by atoms with Crippen LogP contribution in [-0.4, -0.2) is 36.8 Å². The monoisotopic (exact) mass is 474 g/mol. The molecule has 1 aliphatic rings. The second-order valence-corrected chi connectivity index (χ2v) is 8.26. The molecule has 1 aromatic rings. The topological polar surface area (TPSA) is 26.3 Å². The van der Waals surface area contributed by atoms with Crippen LogP contribution in [0.1, 0.15) is 73.7 Å². The van der Waals surface area contributed by atoms with E-state index in [9.17, 15) is 39.9 Å². The molecule has 0 aliphatic heterocycles. The van der Waals surface area contributed by atoms with Crippen molar-refractivity contribution in [3.05, 3.63) is 35.4 Å². The molecule has 2 rings (SSSR count). The van der Waals surface area contributed by atoms with Crippen molar-refractivity contribution in [2.45, 2.75) is 82.0 Å². The summed E-state index contributed by atoms with van der Waals surface area (Å²) >= 11 is 0. The normalized spacial score (nSPS) is 20.4. The van der Waals surface area contributed by atoms with E-state index in [-0.39, 0.29) is 11.5 Å². The third-order valence-corrected chi connectivity index (χ3v) is 5.97. The van der Waals surface area contributed by atoms with Gasteiger partial charge in [0.05, 0.1) is 5.56 Å². The molecule has 0 spiro atoms. The zero-order valence-electron chi connectivity index (χ0n) is 17.5. The van der Waals surface area contributed by atoms with Gasteiger partial charge in [-0.05, 0) is 55.2 Å². The Labute approximate surface area is 181 Å². The summed E-state index contributed by atoms with van der Waals surface area (Å²) in [6, 6.07) is 5.74. The Morgan fingerprint density at radius 3 is 2.06 bits per heavy atom. The molecule has 10 heteroatoms. The molecule has 182 valence electrons. The molecular weight excluding hydrogens is 448 g/mol. The van der Waals surface area contributed by atoms with Crippen LogP contribution in [-0.2, 0) is 4.74 Å². The number of esters is 1. The van der Waals surface area contributed by atoms with Gasteiger partial charge in [-0.15, -0.1) is 0 Å². The summed E-state index contributed by atoms with van der Waals surface area (Å²) in [5.41, 5.74) is 0.689. The quantitative estimate of drug-likeness (QED) is 0.260. The average molecular weight is 474 g/mol. The number of hydrogen-bond acceptors (Lipinski definition) is 2. The standard InChI is InChI=1S/C22H26F8O2/c1-2-3-4-14-5-7-15(8-6-14)16-9-11-17(12-10-16)18(31)32-13-20(25,26)22(29,30)21(27,28)19(23)24/h9-12,14-15,19H,2-8,13H2,1H3. The van der Waals surface area contributed by atoms with Crippen LogP contribution in [0.25, 0.3) is 0 Å². The number of halogens is 8. The number of rotatable bonds is 10. The number of alkyl halides is 8. The minimum Gasteiger partial charge on any atom is -0.455 e. The van der Waals surface area contributed by atoms with Gasteiger partial charge in [-0.1, -0.05) is 38.3 Å². The Hall–Kier alpha value is -1.87. The Kier molecular flexibility index (Phi) is 8.56. The maximum Gasteiger partial charge on any atom is 0.381 e. The highest BCUT2D eigenvalue weighted by Crippen LogP contribution is 2.48. The zero-order valence-corrected chi connectivity index (χ0v) is 17.5. The molecule has 0 radical (unpaired) electrons. The molecule has 0 N–H and O–H groups in total. The predicted molar refractivity (Wildman–Crippen MR) is 102 cm³/mol. The van der Waals surface area contributed by atoms with Gasteiger partial charge in [-0.3, -0.25) is 0 Å².